The molecule has 4 saturated carbocycles. The predicted octanol–water partition coefficient (Wildman–Crippen LogP) is 1.47. The highest BCUT2D eigenvalue weighted by Gasteiger charge is 2.59. The van der Waals surface area contributed by atoms with Gasteiger partial charge in [0.15, 0.2) is 0 Å². The van der Waals surface area contributed by atoms with E-state index in [0.717, 1.165) is 6.42 Å². The van der Waals surface area contributed by atoms with Gasteiger partial charge in [-0.3, -0.25) is 8.98 Å². The van der Waals surface area contributed by atoms with Crippen LogP contribution in [-0.2, 0) is 29.3 Å². The van der Waals surface area contributed by atoms with Crippen LogP contribution in [0.15, 0.2) is 0 Å². The smallest absolute Gasteiger partial charge is 0.299 e. The number of nitrogens with one attached hydrogen (secondary N) is 1. The zero-order valence-corrected chi connectivity index (χ0v) is 14.9. The summed E-state index contributed by atoms with van der Waals surface area (Å²) in [5.74, 6) is -0.289. The van der Waals surface area contributed by atoms with Gasteiger partial charge in [0.05, 0.1) is 6.10 Å². The van der Waals surface area contributed by atoms with E-state index < -0.39 is 37.4 Å². The first kappa shape index (κ1) is 19.1. The largest absolute Gasteiger partial charge is 0.512 e. The average Bonchev–Trinajstić information content (AvgIpc) is 2.39. The number of hydrogen-bond donors (Lipinski definition) is 1. The van der Waals surface area contributed by atoms with E-state index >= 15 is 0 Å². The van der Waals surface area contributed by atoms with E-state index in [9.17, 15) is 34.8 Å². The molecular weight excluding hydrogens is 387 g/mol. The van der Waals surface area contributed by atoms with Crippen molar-refractivity contribution in [3.05, 3.63) is 0 Å². The van der Waals surface area contributed by atoms with Crippen molar-refractivity contribution in [3.8, 4) is 0 Å². The lowest BCUT2D eigenvalue weighted by Crippen LogP contribution is -2.57. The highest BCUT2D eigenvalue weighted by molar-refractivity contribution is 8.03. The molecule has 0 aromatic heterocycles. The standard InChI is InChI=1S/C13H18F3NO6S2/c1-7(18)12-4-8-2-9(5-12)11(10(3-8)6-12)23-25(21,22)17-24(19,20)13(14,15)16/h8-11,17H,2-6H2,1H3. The van der Waals surface area contributed by atoms with Crippen LogP contribution in [0.4, 0.5) is 13.2 Å². The van der Waals surface area contributed by atoms with Crippen molar-refractivity contribution >= 4 is 26.1 Å². The van der Waals surface area contributed by atoms with Crippen LogP contribution < -0.4 is 4.13 Å². The minimum atomic E-state index is -6.07. The van der Waals surface area contributed by atoms with Gasteiger partial charge in [-0.2, -0.15) is 21.6 Å². The lowest BCUT2D eigenvalue weighted by molar-refractivity contribution is -0.154. The fourth-order valence-electron chi connectivity index (χ4n) is 4.91. The Balaban J connectivity index is 1.78. The molecule has 4 bridgehead atoms. The number of rotatable bonds is 5. The quantitative estimate of drug-likeness (QED) is 0.742. The van der Waals surface area contributed by atoms with E-state index in [2.05, 4.69) is 0 Å². The van der Waals surface area contributed by atoms with Crippen molar-refractivity contribution < 1.29 is 39.0 Å². The number of hydrogen-bond acceptors (Lipinski definition) is 6. The van der Waals surface area contributed by atoms with Crippen LogP contribution in [-0.4, -0.2) is 34.2 Å². The highest BCUT2D eigenvalue weighted by atomic mass is 32.3. The molecule has 12 heteroatoms. The summed E-state index contributed by atoms with van der Waals surface area (Å²) in [6.45, 7) is 1.50. The third-order valence-corrected chi connectivity index (χ3v) is 8.47. The monoisotopic (exact) mass is 405 g/mol. The number of halogens is 3. The summed E-state index contributed by atoms with van der Waals surface area (Å²) in [6, 6.07) is 0. The van der Waals surface area contributed by atoms with Gasteiger partial charge in [0.1, 0.15) is 5.78 Å². The Hall–Kier alpha value is -0.720. The number of alkyl halides is 3. The molecule has 0 radical (unpaired) electrons. The molecule has 0 spiro atoms. The summed E-state index contributed by atoms with van der Waals surface area (Å²) in [7, 11) is -11.2. The number of ketones is 1. The minimum absolute atomic E-state index is 0.0333. The maximum absolute atomic E-state index is 12.4. The first-order valence-corrected chi connectivity index (χ1v) is 10.7. The van der Waals surface area contributed by atoms with Crippen molar-refractivity contribution in [3.63, 3.8) is 0 Å². The van der Waals surface area contributed by atoms with Crippen LogP contribution in [0.3, 0.4) is 0 Å². The summed E-state index contributed by atoms with van der Waals surface area (Å²) < 4.78 is 88.2. The molecule has 4 aliphatic carbocycles. The lowest BCUT2D eigenvalue weighted by Gasteiger charge is -2.58. The Morgan fingerprint density at radius 2 is 1.60 bits per heavy atom. The van der Waals surface area contributed by atoms with Gasteiger partial charge in [-0.15, -0.1) is 0 Å². The fraction of sp³-hybridized carbons (Fsp3) is 0.923. The van der Waals surface area contributed by atoms with Gasteiger partial charge in [0.25, 0.3) is 0 Å². The van der Waals surface area contributed by atoms with Gasteiger partial charge in [0, 0.05) is 5.41 Å². The maximum atomic E-state index is 12.4. The van der Waals surface area contributed by atoms with E-state index in [4.69, 9.17) is 4.18 Å². The molecule has 0 saturated heterocycles. The van der Waals surface area contributed by atoms with Crippen LogP contribution in [0.5, 0.6) is 0 Å². The second kappa shape index (κ2) is 5.64. The second-order valence-electron chi connectivity index (χ2n) is 7.35. The average molecular weight is 405 g/mol. The maximum Gasteiger partial charge on any atom is 0.512 e. The van der Waals surface area contributed by atoms with Crippen LogP contribution in [0.2, 0.25) is 0 Å². The summed E-state index contributed by atoms with van der Waals surface area (Å²) in [5.41, 5.74) is -6.27. The van der Waals surface area contributed by atoms with E-state index in [0.29, 0.717) is 29.8 Å². The summed E-state index contributed by atoms with van der Waals surface area (Å²) in [5, 5.41) is 0. The first-order chi connectivity index (χ1) is 11.2. The van der Waals surface area contributed by atoms with Gasteiger partial charge < -0.3 is 0 Å². The van der Waals surface area contributed by atoms with Crippen LogP contribution >= 0.6 is 0 Å². The molecule has 0 aromatic carbocycles. The van der Waals surface area contributed by atoms with Crippen molar-refractivity contribution in [1.82, 2.24) is 4.13 Å². The molecular formula is C13H18F3NO6S2. The van der Waals surface area contributed by atoms with E-state index in [1.165, 1.54) is 6.92 Å². The van der Waals surface area contributed by atoms with Crippen molar-refractivity contribution in [2.75, 3.05) is 0 Å². The summed E-state index contributed by atoms with van der Waals surface area (Å²) in [4.78, 5) is 12.0. The Labute approximate surface area is 143 Å². The third-order valence-electron chi connectivity index (χ3n) is 5.69. The van der Waals surface area contributed by atoms with Gasteiger partial charge in [-0.25, -0.2) is 8.42 Å². The van der Waals surface area contributed by atoms with E-state index in [-0.39, 0.29) is 23.5 Å². The van der Waals surface area contributed by atoms with Crippen LogP contribution in [0.25, 0.3) is 0 Å². The van der Waals surface area contributed by atoms with Gasteiger partial charge in [0.2, 0.25) is 0 Å². The Morgan fingerprint density at radius 3 is 2.04 bits per heavy atom. The zero-order chi connectivity index (χ0) is 18.8. The number of carbonyl (C=O) groups excluding carboxylic acids is 1. The molecule has 0 amide bonds. The molecule has 0 heterocycles. The first-order valence-electron chi connectivity index (χ1n) is 7.79. The Kier molecular flexibility index (Phi) is 4.30. The molecule has 1 N–H and O–H groups in total. The topological polar surface area (TPSA) is 107 Å². The van der Waals surface area contributed by atoms with Crippen molar-refractivity contribution in [2.45, 2.75) is 50.6 Å². The SMILES string of the molecule is CC(=O)C12CC3CC(C1)C(OS(=O)(=O)NS(=O)(=O)C(F)(F)F)C(C3)C2. The molecule has 4 aliphatic rings. The van der Waals surface area contributed by atoms with Crippen LogP contribution in [0.1, 0.15) is 39.0 Å². The fourth-order valence-corrected chi connectivity index (χ4v) is 7.13. The lowest BCUT2D eigenvalue weighted by atomic mass is 9.47. The molecule has 7 nitrogen and oxygen atoms in total. The molecule has 0 aromatic rings. The molecule has 4 rings (SSSR count). The number of carbonyl (C=O) groups is 1. The molecule has 0 aliphatic heterocycles. The van der Waals surface area contributed by atoms with Crippen molar-refractivity contribution in [2.24, 2.45) is 23.2 Å². The summed E-state index contributed by atoms with van der Waals surface area (Å²) >= 11 is 0. The molecule has 2 unspecified atom stereocenters. The molecule has 4 fully saturated rings. The minimum Gasteiger partial charge on any atom is -0.299 e. The molecule has 144 valence electrons. The predicted molar refractivity (Wildman–Crippen MR) is 78.6 cm³/mol. The Bertz CT molecular complexity index is 775. The zero-order valence-electron chi connectivity index (χ0n) is 13.2. The Morgan fingerprint density at radius 1 is 1.08 bits per heavy atom. The van der Waals surface area contributed by atoms with Gasteiger partial charge >= 0.3 is 25.8 Å². The third kappa shape index (κ3) is 3.33. The number of sulfonamides is 1. The summed E-state index contributed by atoms with van der Waals surface area (Å²) in [6.07, 6.45) is 1.92. The normalized spacial score (nSPS) is 38.1. The highest BCUT2D eigenvalue weighted by Crippen LogP contribution is 2.61. The second-order valence-corrected chi connectivity index (χ2v) is 10.6. The van der Waals surface area contributed by atoms with Crippen molar-refractivity contribution in [1.29, 1.82) is 0 Å². The van der Waals surface area contributed by atoms with E-state index in [1.807, 2.05) is 0 Å². The van der Waals surface area contributed by atoms with Gasteiger partial charge in [-0.1, -0.05) is 4.13 Å². The van der Waals surface area contributed by atoms with E-state index in [1.54, 1.807) is 0 Å². The van der Waals surface area contributed by atoms with Crippen LogP contribution in [0, 0.1) is 23.2 Å². The van der Waals surface area contributed by atoms with Gasteiger partial charge in [-0.05, 0) is 56.8 Å². The molecule has 2 atom stereocenters. The molecule has 25 heavy (non-hydrogen) atoms. The number of Topliss-reactive ketones (excluding diaryl/α,β-unsaturated/α-hetero) is 1.